The molecule has 30 heavy (non-hydrogen) atoms. The van der Waals surface area contributed by atoms with E-state index in [1.807, 2.05) is 24.5 Å². The molecule has 0 fully saturated rings. The number of ether oxygens (including phenoxy) is 2. The van der Waals surface area contributed by atoms with Gasteiger partial charge in [0.15, 0.2) is 0 Å². The molecule has 0 saturated heterocycles. The molecule has 4 aromatic rings. The summed E-state index contributed by atoms with van der Waals surface area (Å²) < 4.78 is 17.9. The minimum absolute atomic E-state index is 0.473. The van der Waals surface area contributed by atoms with Crippen LogP contribution in [-0.4, -0.2) is 7.11 Å². The van der Waals surface area contributed by atoms with Gasteiger partial charge in [0.1, 0.15) is 23.9 Å². The Hall–Kier alpha value is -3.20. The van der Waals surface area contributed by atoms with Gasteiger partial charge >= 0.3 is 0 Å². The Morgan fingerprint density at radius 3 is 2.63 bits per heavy atom. The monoisotopic (exact) mass is 398 g/mol. The van der Waals surface area contributed by atoms with E-state index in [-0.39, 0.29) is 0 Å². The number of fused-ring (bicyclic) bond motifs is 2. The van der Waals surface area contributed by atoms with Crippen molar-refractivity contribution < 1.29 is 13.9 Å². The Morgan fingerprint density at radius 1 is 0.933 bits per heavy atom. The molecule has 0 radical (unpaired) electrons. The Labute approximate surface area is 177 Å². The smallest absolute Gasteiger partial charge is 0.140 e. The number of methoxy groups -OCH3 is 1. The summed E-state index contributed by atoms with van der Waals surface area (Å²) >= 11 is 0. The summed E-state index contributed by atoms with van der Waals surface area (Å²) in [5.74, 6) is 2.70. The van der Waals surface area contributed by atoms with Gasteiger partial charge in [0.05, 0.1) is 18.9 Å². The van der Waals surface area contributed by atoms with Crippen molar-refractivity contribution in [1.29, 1.82) is 0 Å². The standard InChI is InChI=1S/C27H26O3/c1-18-22(16-29-23-13-11-19-7-3-4-9-21(19)15-23)17-30-26(18)25-14-12-20-8-5-6-10-24(20)27(25)28-2/h3-4,7,9,11-15,17H,5-6,8,10,16H2,1-2H3. The van der Waals surface area contributed by atoms with Gasteiger partial charge in [0.25, 0.3) is 0 Å². The predicted octanol–water partition coefficient (Wildman–Crippen LogP) is 6.87. The highest BCUT2D eigenvalue weighted by atomic mass is 16.5. The van der Waals surface area contributed by atoms with Gasteiger partial charge in [-0.05, 0) is 72.7 Å². The molecule has 0 unspecified atom stereocenters. The highest BCUT2D eigenvalue weighted by molar-refractivity contribution is 5.83. The molecule has 5 rings (SSSR count). The minimum atomic E-state index is 0.473. The van der Waals surface area contributed by atoms with Crippen LogP contribution in [0.4, 0.5) is 0 Å². The van der Waals surface area contributed by atoms with Crippen LogP contribution in [0.2, 0.25) is 0 Å². The lowest BCUT2D eigenvalue weighted by Crippen LogP contribution is -2.06. The summed E-state index contributed by atoms with van der Waals surface area (Å²) in [7, 11) is 1.76. The van der Waals surface area contributed by atoms with Crippen LogP contribution in [0.1, 0.15) is 35.1 Å². The fourth-order valence-corrected chi connectivity index (χ4v) is 4.48. The van der Waals surface area contributed by atoms with Crippen LogP contribution in [-0.2, 0) is 19.4 Å². The summed E-state index contributed by atoms with van der Waals surface area (Å²) in [6.45, 7) is 2.57. The van der Waals surface area contributed by atoms with Crippen molar-refractivity contribution >= 4 is 10.8 Å². The second kappa shape index (κ2) is 7.91. The van der Waals surface area contributed by atoms with Crippen molar-refractivity contribution in [2.24, 2.45) is 0 Å². The molecule has 0 N–H and O–H groups in total. The van der Waals surface area contributed by atoms with E-state index >= 15 is 0 Å². The zero-order chi connectivity index (χ0) is 20.5. The number of aryl methyl sites for hydroxylation is 1. The zero-order valence-corrected chi connectivity index (χ0v) is 17.5. The SMILES string of the molecule is COc1c(-c2occ(COc3ccc4ccccc4c3)c2C)ccc2c1CCCC2. The molecule has 0 spiro atoms. The highest BCUT2D eigenvalue weighted by Gasteiger charge is 2.22. The first-order valence-electron chi connectivity index (χ1n) is 10.6. The van der Waals surface area contributed by atoms with Crippen LogP contribution in [0, 0.1) is 6.92 Å². The maximum atomic E-state index is 6.09. The molecular weight excluding hydrogens is 372 g/mol. The highest BCUT2D eigenvalue weighted by Crippen LogP contribution is 2.40. The van der Waals surface area contributed by atoms with E-state index in [1.54, 1.807) is 7.11 Å². The van der Waals surface area contributed by atoms with Gasteiger partial charge in [0.2, 0.25) is 0 Å². The Kier molecular flexibility index (Phi) is 4.96. The van der Waals surface area contributed by atoms with Gasteiger partial charge in [-0.3, -0.25) is 0 Å². The molecule has 152 valence electrons. The second-order valence-corrected chi connectivity index (χ2v) is 8.00. The first-order chi connectivity index (χ1) is 14.7. The molecule has 0 atom stereocenters. The summed E-state index contributed by atoms with van der Waals surface area (Å²) in [6.07, 6.45) is 6.49. The van der Waals surface area contributed by atoms with E-state index < -0.39 is 0 Å². The first kappa shape index (κ1) is 18.8. The summed E-state index contributed by atoms with van der Waals surface area (Å²) in [5, 5.41) is 2.39. The third-order valence-corrected chi connectivity index (χ3v) is 6.19. The van der Waals surface area contributed by atoms with Crippen molar-refractivity contribution in [3.8, 4) is 22.8 Å². The average molecular weight is 399 g/mol. The van der Waals surface area contributed by atoms with E-state index in [0.29, 0.717) is 6.61 Å². The van der Waals surface area contributed by atoms with Crippen molar-refractivity contribution in [3.63, 3.8) is 0 Å². The van der Waals surface area contributed by atoms with Gasteiger partial charge in [-0.25, -0.2) is 0 Å². The number of benzene rings is 3. The van der Waals surface area contributed by atoms with Crippen LogP contribution >= 0.6 is 0 Å². The van der Waals surface area contributed by atoms with Crippen molar-refractivity contribution in [3.05, 3.63) is 83.1 Å². The lowest BCUT2D eigenvalue weighted by atomic mass is 9.88. The summed E-state index contributed by atoms with van der Waals surface area (Å²) in [6, 6.07) is 18.9. The van der Waals surface area contributed by atoms with Crippen LogP contribution < -0.4 is 9.47 Å². The lowest BCUT2D eigenvalue weighted by Gasteiger charge is -2.20. The zero-order valence-electron chi connectivity index (χ0n) is 17.5. The minimum Gasteiger partial charge on any atom is -0.496 e. The Bertz CT molecular complexity index is 1200. The molecule has 1 aliphatic carbocycles. The lowest BCUT2D eigenvalue weighted by molar-refractivity contribution is 0.304. The molecule has 1 heterocycles. The largest absolute Gasteiger partial charge is 0.496 e. The topological polar surface area (TPSA) is 31.6 Å². The normalized spacial score (nSPS) is 13.3. The number of hydrogen-bond donors (Lipinski definition) is 0. The summed E-state index contributed by atoms with van der Waals surface area (Å²) in [5.41, 5.74) is 5.94. The third kappa shape index (κ3) is 3.35. The van der Waals surface area contributed by atoms with Gasteiger partial charge in [-0.1, -0.05) is 36.4 Å². The molecular formula is C27H26O3. The molecule has 0 saturated carbocycles. The quantitative estimate of drug-likeness (QED) is 0.367. The van der Waals surface area contributed by atoms with Gasteiger partial charge in [-0.2, -0.15) is 0 Å². The number of furan rings is 1. The maximum Gasteiger partial charge on any atom is 0.140 e. The van der Waals surface area contributed by atoms with E-state index in [9.17, 15) is 0 Å². The molecule has 3 aromatic carbocycles. The van der Waals surface area contributed by atoms with E-state index in [4.69, 9.17) is 13.9 Å². The van der Waals surface area contributed by atoms with Crippen LogP contribution in [0.5, 0.6) is 11.5 Å². The van der Waals surface area contributed by atoms with Gasteiger partial charge < -0.3 is 13.9 Å². The van der Waals surface area contributed by atoms with E-state index in [0.717, 1.165) is 46.8 Å². The van der Waals surface area contributed by atoms with Crippen LogP contribution in [0.15, 0.2) is 65.3 Å². The molecule has 1 aliphatic rings. The van der Waals surface area contributed by atoms with Crippen molar-refractivity contribution in [1.82, 2.24) is 0 Å². The van der Waals surface area contributed by atoms with Crippen LogP contribution in [0.3, 0.4) is 0 Å². The third-order valence-electron chi connectivity index (χ3n) is 6.19. The number of hydrogen-bond acceptors (Lipinski definition) is 3. The first-order valence-corrected chi connectivity index (χ1v) is 10.6. The molecule has 0 aliphatic heterocycles. The van der Waals surface area contributed by atoms with Crippen molar-refractivity contribution in [2.75, 3.05) is 7.11 Å². The molecule has 0 bridgehead atoms. The predicted molar refractivity (Wildman–Crippen MR) is 120 cm³/mol. The van der Waals surface area contributed by atoms with E-state index in [1.165, 1.54) is 34.7 Å². The molecule has 0 amide bonds. The molecule has 3 nitrogen and oxygen atoms in total. The number of rotatable bonds is 5. The maximum absolute atomic E-state index is 6.09. The van der Waals surface area contributed by atoms with E-state index in [2.05, 4.69) is 43.3 Å². The average Bonchev–Trinajstić information content (AvgIpc) is 3.16. The fourth-order valence-electron chi connectivity index (χ4n) is 4.48. The Morgan fingerprint density at radius 2 is 1.77 bits per heavy atom. The Balaban J connectivity index is 1.41. The second-order valence-electron chi connectivity index (χ2n) is 8.00. The van der Waals surface area contributed by atoms with Crippen molar-refractivity contribution in [2.45, 2.75) is 39.2 Å². The molecule has 3 heteroatoms. The fraction of sp³-hybridized carbons (Fsp3) is 0.259. The molecule has 1 aromatic heterocycles. The van der Waals surface area contributed by atoms with Gasteiger partial charge in [0, 0.05) is 11.1 Å². The van der Waals surface area contributed by atoms with Gasteiger partial charge in [-0.15, -0.1) is 0 Å². The summed E-state index contributed by atoms with van der Waals surface area (Å²) in [4.78, 5) is 0. The van der Waals surface area contributed by atoms with Crippen LogP contribution in [0.25, 0.3) is 22.1 Å².